The summed E-state index contributed by atoms with van der Waals surface area (Å²) in [5.74, 6) is -1.11. The summed E-state index contributed by atoms with van der Waals surface area (Å²) in [5.41, 5.74) is 1.33. The third kappa shape index (κ3) is 4.00. The molecule has 0 saturated carbocycles. The fourth-order valence-corrected chi connectivity index (χ4v) is 6.08. The Morgan fingerprint density at radius 1 is 1.33 bits per heavy atom. The number of benzene rings is 2. The molecule has 0 aliphatic carbocycles. The first-order valence-electron chi connectivity index (χ1n) is 9.29. The van der Waals surface area contributed by atoms with E-state index in [1.54, 1.807) is 19.1 Å². The van der Waals surface area contributed by atoms with Gasteiger partial charge in [-0.05, 0) is 43.7 Å². The van der Waals surface area contributed by atoms with Crippen LogP contribution in [0.1, 0.15) is 28.1 Å². The van der Waals surface area contributed by atoms with Crippen molar-refractivity contribution in [2.24, 2.45) is 0 Å². The minimum Gasteiger partial charge on any atom is -0.451 e. The van der Waals surface area contributed by atoms with Crippen LogP contribution in [0.3, 0.4) is 0 Å². The average Bonchev–Trinajstić information content (AvgIpc) is 3.20. The minimum absolute atomic E-state index is 0.0154. The van der Waals surface area contributed by atoms with Crippen LogP contribution in [0.25, 0.3) is 11.0 Å². The molecule has 2 aromatic carbocycles. The Kier molecular flexibility index (Phi) is 5.67. The first kappa shape index (κ1) is 21.3. The fourth-order valence-electron chi connectivity index (χ4n) is 3.77. The highest BCUT2D eigenvalue weighted by Crippen LogP contribution is 2.32. The molecule has 1 unspecified atom stereocenters. The lowest BCUT2D eigenvalue weighted by Crippen LogP contribution is -2.41. The number of amides is 1. The number of hydrogen-bond donors (Lipinski definition) is 0. The van der Waals surface area contributed by atoms with Crippen molar-refractivity contribution < 1.29 is 22.0 Å². The predicted molar refractivity (Wildman–Crippen MR) is 117 cm³/mol. The number of aryl methyl sites for hydroxylation is 1. The lowest BCUT2D eigenvalue weighted by atomic mass is 10.1. The van der Waals surface area contributed by atoms with Crippen molar-refractivity contribution in [3.8, 4) is 0 Å². The van der Waals surface area contributed by atoms with E-state index in [2.05, 4.69) is 15.9 Å². The molecule has 0 spiro atoms. The Morgan fingerprint density at radius 3 is 2.77 bits per heavy atom. The highest BCUT2D eigenvalue weighted by molar-refractivity contribution is 9.10. The third-order valence-corrected chi connectivity index (χ3v) is 7.99. The van der Waals surface area contributed by atoms with Gasteiger partial charge in [-0.15, -0.1) is 0 Å². The molecule has 1 saturated heterocycles. The number of fused-ring (bicyclic) bond motifs is 1. The number of sulfone groups is 1. The summed E-state index contributed by atoms with van der Waals surface area (Å²) in [6.45, 7) is 1.62. The number of rotatable bonds is 4. The Morgan fingerprint density at radius 2 is 2.10 bits per heavy atom. The largest absolute Gasteiger partial charge is 0.451 e. The van der Waals surface area contributed by atoms with Gasteiger partial charge in [-0.3, -0.25) is 4.79 Å². The number of carbonyl (C=O) groups excluding carboxylic acids is 1. The maximum Gasteiger partial charge on any atom is 0.290 e. The normalized spacial score (nSPS) is 18.1. The quantitative estimate of drug-likeness (QED) is 0.484. The molecule has 1 aromatic heterocycles. The SMILES string of the molecule is Cc1c(C(=O)N(Cc2c(F)cccc2Cl)C2CCS(=O)(=O)C2)oc2ccc(Br)cc12. The molecule has 30 heavy (non-hydrogen) atoms. The van der Waals surface area contributed by atoms with E-state index in [0.717, 1.165) is 9.86 Å². The van der Waals surface area contributed by atoms with Crippen LogP contribution < -0.4 is 0 Å². The van der Waals surface area contributed by atoms with E-state index in [9.17, 15) is 17.6 Å². The maximum atomic E-state index is 14.4. The van der Waals surface area contributed by atoms with Gasteiger partial charge in [0.25, 0.3) is 5.91 Å². The van der Waals surface area contributed by atoms with Gasteiger partial charge in [-0.2, -0.15) is 0 Å². The van der Waals surface area contributed by atoms with E-state index < -0.39 is 27.6 Å². The van der Waals surface area contributed by atoms with Gasteiger partial charge in [0.05, 0.1) is 18.1 Å². The summed E-state index contributed by atoms with van der Waals surface area (Å²) in [7, 11) is -3.27. The summed E-state index contributed by atoms with van der Waals surface area (Å²) in [5, 5.41) is 0.953. The van der Waals surface area contributed by atoms with Crippen molar-refractivity contribution in [3.63, 3.8) is 0 Å². The van der Waals surface area contributed by atoms with Gasteiger partial charge < -0.3 is 9.32 Å². The molecule has 3 aromatic rings. The second-order valence-corrected chi connectivity index (χ2v) is 10.9. The van der Waals surface area contributed by atoms with E-state index in [1.165, 1.54) is 23.1 Å². The topological polar surface area (TPSA) is 67.6 Å². The van der Waals surface area contributed by atoms with Crippen LogP contribution in [-0.2, 0) is 16.4 Å². The van der Waals surface area contributed by atoms with Gasteiger partial charge in [0.2, 0.25) is 0 Å². The second kappa shape index (κ2) is 7.98. The van der Waals surface area contributed by atoms with Gasteiger partial charge in [0, 0.05) is 32.1 Å². The number of furan rings is 1. The second-order valence-electron chi connectivity index (χ2n) is 7.39. The third-order valence-electron chi connectivity index (χ3n) is 5.39. The molecule has 1 amide bonds. The highest BCUT2D eigenvalue weighted by Gasteiger charge is 2.37. The van der Waals surface area contributed by atoms with E-state index in [4.69, 9.17) is 16.0 Å². The van der Waals surface area contributed by atoms with Gasteiger partial charge in [0.15, 0.2) is 15.6 Å². The van der Waals surface area contributed by atoms with Crippen molar-refractivity contribution in [2.45, 2.75) is 25.9 Å². The van der Waals surface area contributed by atoms with E-state index in [-0.39, 0.29) is 40.8 Å². The molecule has 1 fully saturated rings. The van der Waals surface area contributed by atoms with Crippen molar-refractivity contribution in [2.75, 3.05) is 11.5 Å². The molecular weight excluding hydrogens is 497 g/mol. The molecule has 0 radical (unpaired) electrons. The van der Waals surface area contributed by atoms with Crippen molar-refractivity contribution >= 4 is 54.2 Å². The fraction of sp³-hybridized carbons (Fsp3) is 0.286. The smallest absolute Gasteiger partial charge is 0.290 e. The van der Waals surface area contributed by atoms with Crippen molar-refractivity contribution in [1.82, 2.24) is 4.90 Å². The number of hydrogen-bond acceptors (Lipinski definition) is 4. The number of nitrogens with zero attached hydrogens (tertiary/aromatic N) is 1. The van der Waals surface area contributed by atoms with Crippen LogP contribution >= 0.6 is 27.5 Å². The summed E-state index contributed by atoms with van der Waals surface area (Å²) in [6.07, 6.45) is 0.283. The highest BCUT2D eigenvalue weighted by atomic mass is 79.9. The summed E-state index contributed by atoms with van der Waals surface area (Å²) in [6, 6.07) is 9.10. The molecule has 5 nitrogen and oxygen atoms in total. The van der Waals surface area contributed by atoms with Crippen LogP contribution in [0, 0.1) is 12.7 Å². The lowest BCUT2D eigenvalue weighted by molar-refractivity contribution is 0.0647. The molecule has 0 bridgehead atoms. The molecule has 158 valence electrons. The minimum atomic E-state index is -3.27. The Bertz CT molecular complexity index is 1240. The van der Waals surface area contributed by atoms with Crippen LogP contribution in [0.2, 0.25) is 5.02 Å². The molecule has 9 heteroatoms. The van der Waals surface area contributed by atoms with Crippen LogP contribution in [0.4, 0.5) is 4.39 Å². The molecule has 4 rings (SSSR count). The molecule has 0 N–H and O–H groups in total. The Labute approximate surface area is 186 Å². The van der Waals surface area contributed by atoms with Crippen molar-refractivity contribution in [1.29, 1.82) is 0 Å². The molecule has 1 aliphatic heterocycles. The standard InChI is InChI=1S/C21H18BrClFNO4S/c1-12-15-9-13(22)5-6-19(15)29-20(12)21(26)25(14-7-8-30(27,28)11-14)10-16-17(23)3-2-4-18(16)24/h2-6,9,14H,7-8,10-11H2,1H3. The molecule has 1 atom stereocenters. The number of halogens is 3. The van der Waals surface area contributed by atoms with Crippen LogP contribution in [0.15, 0.2) is 45.3 Å². The Hall–Kier alpha value is -1.90. The van der Waals surface area contributed by atoms with Crippen LogP contribution in [-0.4, -0.2) is 36.8 Å². The van der Waals surface area contributed by atoms with E-state index in [0.29, 0.717) is 11.1 Å². The van der Waals surface area contributed by atoms with Crippen LogP contribution in [0.5, 0.6) is 0 Å². The van der Waals surface area contributed by atoms with Gasteiger partial charge in [-0.25, -0.2) is 12.8 Å². The van der Waals surface area contributed by atoms with Gasteiger partial charge >= 0.3 is 0 Å². The summed E-state index contributed by atoms with van der Waals surface area (Å²) >= 11 is 9.58. The predicted octanol–water partition coefficient (Wildman–Crippen LogP) is 5.13. The lowest BCUT2D eigenvalue weighted by Gasteiger charge is -2.28. The maximum absolute atomic E-state index is 14.4. The molecule has 2 heterocycles. The molecular formula is C21H18BrClFNO4S. The first-order valence-corrected chi connectivity index (χ1v) is 12.3. The van der Waals surface area contributed by atoms with Gasteiger partial charge in [0.1, 0.15) is 11.4 Å². The van der Waals surface area contributed by atoms with Gasteiger partial charge in [-0.1, -0.05) is 33.6 Å². The zero-order chi connectivity index (χ0) is 21.6. The molecule has 1 aliphatic rings. The average molecular weight is 515 g/mol. The monoisotopic (exact) mass is 513 g/mol. The zero-order valence-corrected chi connectivity index (χ0v) is 19.2. The van der Waals surface area contributed by atoms with E-state index in [1.807, 2.05) is 6.07 Å². The first-order chi connectivity index (χ1) is 14.2. The summed E-state index contributed by atoms with van der Waals surface area (Å²) < 4.78 is 45.2. The number of carbonyl (C=O) groups is 1. The summed E-state index contributed by atoms with van der Waals surface area (Å²) in [4.78, 5) is 14.9. The zero-order valence-electron chi connectivity index (χ0n) is 16.0. The Balaban J connectivity index is 1.77. The van der Waals surface area contributed by atoms with Crippen molar-refractivity contribution in [3.05, 3.63) is 68.6 Å². The van der Waals surface area contributed by atoms with E-state index >= 15 is 0 Å².